The summed E-state index contributed by atoms with van der Waals surface area (Å²) in [6, 6.07) is 19.8. The lowest BCUT2D eigenvalue weighted by molar-refractivity contribution is 0.0734. The zero-order chi connectivity index (χ0) is 22.0. The van der Waals surface area contributed by atoms with E-state index in [1.54, 1.807) is 24.3 Å². The second kappa shape index (κ2) is 8.45. The Bertz CT molecular complexity index is 1230. The Hall–Kier alpha value is -3.29. The number of rotatable bonds is 5. The summed E-state index contributed by atoms with van der Waals surface area (Å²) in [6.45, 7) is 2.21. The van der Waals surface area contributed by atoms with Crippen molar-refractivity contribution >= 4 is 21.8 Å². The number of hydrogen-bond acceptors (Lipinski definition) is 5. The van der Waals surface area contributed by atoms with E-state index in [0.717, 1.165) is 5.56 Å². The predicted octanol–water partition coefficient (Wildman–Crippen LogP) is 3.86. The molecular weight excluding hydrogens is 414 g/mol. The van der Waals surface area contributed by atoms with Crippen molar-refractivity contribution < 1.29 is 22.7 Å². The Morgan fingerprint density at radius 2 is 1.45 bits per heavy atom. The van der Waals surface area contributed by atoms with E-state index in [9.17, 15) is 18.0 Å². The summed E-state index contributed by atoms with van der Waals surface area (Å²) in [4.78, 5) is 23.8. The topological polar surface area (TPSA) is 80.8 Å². The number of ketones is 1. The van der Waals surface area contributed by atoms with Crippen molar-refractivity contribution in [3.8, 4) is 5.75 Å². The largest absolute Gasteiger partial charge is 0.423 e. The molecule has 0 unspecified atom stereocenters. The van der Waals surface area contributed by atoms with E-state index in [4.69, 9.17) is 4.74 Å². The van der Waals surface area contributed by atoms with Gasteiger partial charge in [-0.1, -0.05) is 24.3 Å². The molecule has 0 saturated carbocycles. The summed E-state index contributed by atoms with van der Waals surface area (Å²) in [5.41, 5.74) is 2.94. The molecule has 0 aliphatic carbocycles. The summed E-state index contributed by atoms with van der Waals surface area (Å²) in [7, 11) is -3.67. The number of carbonyl (C=O) groups excluding carboxylic acids is 2. The number of sulfonamides is 1. The maximum atomic E-state index is 13.0. The smallest absolute Gasteiger partial charge is 0.343 e. The van der Waals surface area contributed by atoms with E-state index in [1.807, 2.05) is 24.3 Å². The first-order valence-corrected chi connectivity index (χ1v) is 11.3. The second-order valence-corrected chi connectivity index (χ2v) is 9.29. The van der Waals surface area contributed by atoms with Gasteiger partial charge in [-0.2, -0.15) is 4.31 Å². The fourth-order valence-electron chi connectivity index (χ4n) is 3.51. The molecule has 0 spiro atoms. The molecule has 1 aliphatic rings. The van der Waals surface area contributed by atoms with Crippen LogP contribution in [0.5, 0.6) is 5.75 Å². The van der Waals surface area contributed by atoms with Gasteiger partial charge >= 0.3 is 5.97 Å². The van der Waals surface area contributed by atoms with Crippen molar-refractivity contribution in [1.29, 1.82) is 0 Å². The highest BCUT2D eigenvalue weighted by Crippen LogP contribution is 2.25. The van der Waals surface area contributed by atoms with E-state index in [0.29, 0.717) is 30.8 Å². The fraction of sp³-hybridized carbons (Fsp3) is 0.167. The summed E-state index contributed by atoms with van der Waals surface area (Å²) >= 11 is 0. The van der Waals surface area contributed by atoms with Gasteiger partial charge in [-0.25, -0.2) is 13.2 Å². The highest BCUT2D eigenvalue weighted by molar-refractivity contribution is 7.89. The number of nitrogens with zero attached hydrogens (tertiary/aromatic N) is 1. The van der Waals surface area contributed by atoms with Gasteiger partial charge in [0.15, 0.2) is 5.78 Å². The van der Waals surface area contributed by atoms with Crippen molar-refractivity contribution in [3.63, 3.8) is 0 Å². The van der Waals surface area contributed by atoms with Crippen LogP contribution in [0.4, 0.5) is 0 Å². The normalized spacial score (nSPS) is 14.0. The number of hydrogen-bond donors (Lipinski definition) is 0. The minimum absolute atomic E-state index is 0.0770. The van der Waals surface area contributed by atoms with Gasteiger partial charge in [0.2, 0.25) is 10.0 Å². The van der Waals surface area contributed by atoms with Crippen LogP contribution in [0.1, 0.15) is 38.8 Å². The van der Waals surface area contributed by atoms with E-state index >= 15 is 0 Å². The van der Waals surface area contributed by atoms with Crippen molar-refractivity contribution in [2.24, 2.45) is 0 Å². The van der Waals surface area contributed by atoms with Crippen LogP contribution in [0.2, 0.25) is 0 Å². The maximum absolute atomic E-state index is 13.0. The first kappa shape index (κ1) is 21.0. The molecule has 3 aromatic carbocycles. The summed E-state index contributed by atoms with van der Waals surface area (Å²) in [6.07, 6.45) is 0.669. The molecule has 31 heavy (non-hydrogen) atoms. The van der Waals surface area contributed by atoms with Gasteiger partial charge in [0, 0.05) is 18.7 Å². The predicted molar refractivity (Wildman–Crippen MR) is 116 cm³/mol. The first-order chi connectivity index (χ1) is 14.8. The summed E-state index contributed by atoms with van der Waals surface area (Å²) < 4.78 is 32.8. The van der Waals surface area contributed by atoms with Crippen LogP contribution < -0.4 is 4.74 Å². The van der Waals surface area contributed by atoms with Gasteiger partial charge in [0.1, 0.15) is 5.75 Å². The van der Waals surface area contributed by atoms with Crippen molar-refractivity contribution in [1.82, 2.24) is 4.31 Å². The third-order valence-electron chi connectivity index (χ3n) is 5.29. The van der Waals surface area contributed by atoms with Gasteiger partial charge in [-0.15, -0.1) is 0 Å². The van der Waals surface area contributed by atoms with E-state index < -0.39 is 16.0 Å². The molecule has 0 fully saturated rings. The molecule has 0 radical (unpaired) electrons. The van der Waals surface area contributed by atoms with Crippen LogP contribution in [0, 0.1) is 0 Å². The zero-order valence-corrected chi connectivity index (χ0v) is 17.8. The molecule has 0 saturated heterocycles. The first-order valence-electron chi connectivity index (χ1n) is 9.85. The quantitative estimate of drug-likeness (QED) is 0.345. The molecule has 0 bridgehead atoms. The van der Waals surface area contributed by atoms with Crippen LogP contribution in [-0.2, 0) is 23.0 Å². The Morgan fingerprint density at radius 3 is 2.10 bits per heavy atom. The minimum Gasteiger partial charge on any atom is -0.423 e. The summed E-state index contributed by atoms with van der Waals surface area (Å²) in [5.74, 6) is -0.378. The van der Waals surface area contributed by atoms with Gasteiger partial charge in [-0.05, 0) is 73.0 Å². The number of esters is 1. The highest BCUT2D eigenvalue weighted by atomic mass is 32.2. The molecule has 0 amide bonds. The second-order valence-electron chi connectivity index (χ2n) is 7.35. The monoisotopic (exact) mass is 435 g/mol. The Balaban J connectivity index is 1.47. The van der Waals surface area contributed by atoms with E-state index in [2.05, 4.69) is 0 Å². The average Bonchev–Trinajstić information content (AvgIpc) is 2.79. The lowest BCUT2D eigenvalue weighted by atomic mass is 10.0. The van der Waals surface area contributed by atoms with Crippen LogP contribution in [-0.4, -0.2) is 31.0 Å². The minimum atomic E-state index is -3.67. The number of ether oxygens (including phenoxy) is 1. The standard InChI is InChI=1S/C24H21NO5S/c1-17(26)18-6-10-22(11-7-18)30-24(27)20-8-12-23(13-9-20)31(28,29)25-15-14-19-4-2-3-5-21(19)16-25/h2-13H,14-16H2,1H3. The van der Waals surface area contributed by atoms with Crippen molar-refractivity contribution in [3.05, 3.63) is 95.1 Å². The van der Waals surface area contributed by atoms with Gasteiger partial charge in [-0.3, -0.25) is 4.79 Å². The third kappa shape index (κ3) is 4.42. The molecule has 1 aliphatic heterocycles. The van der Waals surface area contributed by atoms with Crippen LogP contribution in [0.15, 0.2) is 77.7 Å². The Morgan fingerprint density at radius 1 is 0.839 bits per heavy atom. The molecule has 0 atom stereocenters. The molecule has 158 valence electrons. The lowest BCUT2D eigenvalue weighted by Crippen LogP contribution is -2.35. The van der Waals surface area contributed by atoms with Gasteiger partial charge in [0.25, 0.3) is 0 Å². The molecule has 6 nitrogen and oxygen atoms in total. The van der Waals surface area contributed by atoms with Crippen LogP contribution in [0.3, 0.4) is 0 Å². The van der Waals surface area contributed by atoms with Crippen LogP contribution >= 0.6 is 0 Å². The number of fused-ring (bicyclic) bond motifs is 1. The molecule has 3 aromatic rings. The van der Waals surface area contributed by atoms with Gasteiger partial charge in [0.05, 0.1) is 10.5 Å². The molecule has 1 heterocycles. The molecule has 0 N–H and O–H groups in total. The number of carbonyl (C=O) groups is 2. The number of benzene rings is 3. The molecule has 0 aromatic heterocycles. The average molecular weight is 436 g/mol. The fourth-order valence-corrected chi connectivity index (χ4v) is 4.93. The molecule has 7 heteroatoms. The van der Waals surface area contributed by atoms with E-state index in [-0.39, 0.29) is 16.2 Å². The maximum Gasteiger partial charge on any atom is 0.343 e. The van der Waals surface area contributed by atoms with E-state index in [1.165, 1.54) is 41.1 Å². The lowest BCUT2D eigenvalue weighted by Gasteiger charge is -2.28. The Kier molecular flexibility index (Phi) is 5.71. The SMILES string of the molecule is CC(=O)c1ccc(OC(=O)c2ccc(S(=O)(=O)N3CCc4ccccc4C3)cc2)cc1. The Labute approximate surface area is 181 Å². The van der Waals surface area contributed by atoms with Crippen molar-refractivity contribution in [2.75, 3.05) is 6.54 Å². The summed E-state index contributed by atoms with van der Waals surface area (Å²) in [5, 5.41) is 0. The number of Topliss-reactive ketones (excluding diaryl/α,β-unsaturated/α-hetero) is 1. The van der Waals surface area contributed by atoms with Crippen molar-refractivity contribution in [2.45, 2.75) is 24.8 Å². The molecular formula is C24H21NO5S. The van der Waals surface area contributed by atoms with Gasteiger partial charge < -0.3 is 4.74 Å². The zero-order valence-electron chi connectivity index (χ0n) is 16.9. The third-order valence-corrected chi connectivity index (χ3v) is 7.15. The highest BCUT2D eigenvalue weighted by Gasteiger charge is 2.28. The van der Waals surface area contributed by atoms with Crippen LogP contribution in [0.25, 0.3) is 0 Å². The molecule has 4 rings (SSSR count).